The first-order valence-corrected chi connectivity index (χ1v) is 6.13. The van der Waals surface area contributed by atoms with Gasteiger partial charge in [0.1, 0.15) is 5.82 Å². The molecule has 0 bridgehead atoms. The van der Waals surface area contributed by atoms with Gasteiger partial charge in [0.15, 0.2) is 11.6 Å². The van der Waals surface area contributed by atoms with E-state index in [9.17, 15) is 8.78 Å². The number of nitrogens with two attached hydrogens (primary N) is 1. The van der Waals surface area contributed by atoms with E-state index in [-0.39, 0.29) is 11.6 Å². The molecule has 0 spiro atoms. The normalized spacial score (nSPS) is 12.2. The Bertz CT molecular complexity index is 617. The van der Waals surface area contributed by atoms with E-state index in [1.54, 1.807) is 31.2 Å². The van der Waals surface area contributed by atoms with Crippen molar-refractivity contribution >= 4 is 0 Å². The molecule has 0 heterocycles. The van der Waals surface area contributed by atoms with Gasteiger partial charge in [-0.2, -0.15) is 0 Å². The molecule has 3 nitrogen and oxygen atoms in total. The minimum Gasteiger partial charge on any atom is -0.494 e. The minimum atomic E-state index is -0.653. The van der Waals surface area contributed by atoms with Gasteiger partial charge in [0.25, 0.3) is 0 Å². The third-order valence-corrected chi connectivity index (χ3v) is 3.22. The van der Waals surface area contributed by atoms with Crippen molar-refractivity contribution in [3.8, 4) is 5.75 Å². The summed E-state index contributed by atoms with van der Waals surface area (Å²) in [6.07, 6.45) is 0. The zero-order chi connectivity index (χ0) is 14.7. The Morgan fingerprint density at radius 3 is 2.55 bits per heavy atom. The molecule has 0 aliphatic rings. The summed E-state index contributed by atoms with van der Waals surface area (Å²) in [6.45, 7) is 1.66. The van der Waals surface area contributed by atoms with Gasteiger partial charge in [-0.25, -0.2) is 14.2 Å². The van der Waals surface area contributed by atoms with Crippen molar-refractivity contribution in [1.29, 1.82) is 0 Å². The van der Waals surface area contributed by atoms with Crippen LogP contribution >= 0.6 is 0 Å². The highest BCUT2D eigenvalue weighted by Gasteiger charge is 2.19. The highest BCUT2D eigenvalue weighted by atomic mass is 19.1. The number of rotatable bonds is 4. The van der Waals surface area contributed by atoms with Crippen molar-refractivity contribution < 1.29 is 13.5 Å². The molecule has 106 valence electrons. The largest absolute Gasteiger partial charge is 0.494 e. The van der Waals surface area contributed by atoms with Crippen molar-refractivity contribution in [3.05, 3.63) is 64.7 Å². The summed E-state index contributed by atoms with van der Waals surface area (Å²) < 4.78 is 32.9. The SMILES string of the molecule is COc1cccc(C(NN)c2ccc(C)c(F)c2)c1F. The Balaban J connectivity index is 2.49. The lowest BCUT2D eigenvalue weighted by Crippen LogP contribution is -2.29. The van der Waals surface area contributed by atoms with Crippen LogP contribution in [0.25, 0.3) is 0 Å². The van der Waals surface area contributed by atoms with Crippen molar-refractivity contribution in [3.63, 3.8) is 0 Å². The number of ether oxygens (including phenoxy) is 1. The summed E-state index contributed by atoms with van der Waals surface area (Å²) >= 11 is 0. The van der Waals surface area contributed by atoms with Crippen LogP contribution in [0.3, 0.4) is 0 Å². The molecule has 0 aromatic heterocycles. The highest BCUT2D eigenvalue weighted by molar-refractivity contribution is 5.39. The summed E-state index contributed by atoms with van der Waals surface area (Å²) in [5.74, 6) is 4.76. The summed E-state index contributed by atoms with van der Waals surface area (Å²) in [5.41, 5.74) is 3.88. The van der Waals surface area contributed by atoms with E-state index in [4.69, 9.17) is 10.6 Å². The zero-order valence-electron chi connectivity index (χ0n) is 11.3. The second kappa shape index (κ2) is 5.98. The van der Waals surface area contributed by atoms with Gasteiger partial charge in [0.2, 0.25) is 0 Å². The van der Waals surface area contributed by atoms with Crippen LogP contribution in [0, 0.1) is 18.6 Å². The smallest absolute Gasteiger partial charge is 0.170 e. The molecule has 0 aliphatic carbocycles. The third-order valence-electron chi connectivity index (χ3n) is 3.22. The van der Waals surface area contributed by atoms with Crippen molar-refractivity contribution in [1.82, 2.24) is 5.43 Å². The topological polar surface area (TPSA) is 47.3 Å². The Hall–Kier alpha value is -1.98. The van der Waals surface area contributed by atoms with Gasteiger partial charge in [0, 0.05) is 5.56 Å². The Morgan fingerprint density at radius 2 is 1.95 bits per heavy atom. The van der Waals surface area contributed by atoms with Gasteiger partial charge in [-0.3, -0.25) is 5.84 Å². The molecule has 5 heteroatoms. The van der Waals surface area contributed by atoms with Crippen LogP contribution in [0.4, 0.5) is 8.78 Å². The van der Waals surface area contributed by atoms with E-state index in [1.807, 2.05) is 0 Å². The lowest BCUT2D eigenvalue weighted by Gasteiger charge is -2.19. The lowest BCUT2D eigenvalue weighted by molar-refractivity contribution is 0.381. The molecule has 0 amide bonds. The van der Waals surface area contributed by atoms with E-state index in [1.165, 1.54) is 19.2 Å². The summed E-state index contributed by atoms with van der Waals surface area (Å²) in [4.78, 5) is 0. The molecule has 0 saturated heterocycles. The van der Waals surface area contributed by atoms with E-state index in [0.29, 0.717) is 16.7 Å². The Morgan fingerprint density at radius 1 is 1.20 bits per heavy atom. The van der Waals surface area contributed by atoms with Gasteiger partial charge in [-0.15, -0.1) is 0 Å². The van der Waals surface area contributed by atoms with E-state index in [0.717, 1.165) is 0 Å². The lowest BCUT2D eigenvalue weighted by atomic mass is 9.97. The Kier molecular flexibility index (Phi) is 4.32. The molecule has 0 aliphatic heterocycles. The fourth-order valence-corrected chi connectivity index (χ4v) is 2.06. The average Bonchev–Trinajstić information content (AvgIpc) is 2.45. The van der Waals surface area contributed by atoms with Crippen LogP contribution in [-0.2, 0) is 0 Å². The summed E-state index contributed by atoms with van der Waals surface area (Å²) in [6, 6.07) is 8.79. The van der Waals surface area contributed by atoms with Gasteiger partial charge in [-0.05, 0) is 30.2 Å². The third kappa shape index (κ3) is 2.64. The standard InChI is InChI=1S/C15H16F2N2O/c1-9-6-7-10(8-12(9)16)15(19-18)11-4-3-5-13(20-2)14(11)17/h3-8,15,19H,18H2,1-2H3. The van der Waals surface area contributed by atoms with Crippen LogP contribution in [0.15, 0.2) is 36.4 Å². The first-order chi connectivity index (χ1) is 9.58. The predicted octanol–water partition coefficient (Wildman–Crippen LogP) is 2.83. The van der Waals surface area contributed by atoms with E-state index >= 15 is 0 Å². The second-order valence-electron chi connectivity index (χ2n) is 4.47. The van der Waals surface area contributed by atoms with Crippen LogP contribution in [0.5, 0.6) is 5.75 Å². The fraction of sp³-hybridized carbons (Fsp3) is 0.200. The first kappa shape index (κ1) is 14.4. The van der Waals surface area contributed by atoms with Crippen molar-refractivity contribution in [2.24, 2.45) is 5.84 Å². The molecule has 0 radical (unpaired) electrons. The molecule has 20 heavy (non-hydrogen) atoms. The molecule has 3 N–H and O–H groups in total. The highest BCUT2D eigenvalue weighted by Crippen LogP contribution is 2.29. The van der Waals surface area contributed by atoms with Crippen molar-refractivity contribution in [2.75, 3.05) is 7.11 Å². The second-order valence-corrected chi connectivity index (χ2v) is 4.47. The maximum absolute atomic E-state index is 14.3. The van der Waals surface area contributed by atoms with Crippen LogP contribution < -0.4 is 16.0 Å². The number of halogens is 2. The molecular formula is C15H16F2N2O. The fourth-order valence-electron chi connectivity index (χ4n) is 2.06. The van der Waals surface area contributed by atoms with E-state index < -0.39 is 11.9 Å². The van der Waals surface area contributed by atoms with Crippen molar-refractivity contribution in [2.45, 2.75) is 13.0 Å². The molecule has 0 fully saturated rings. The summed E-state index contributed by atoms with van der Waals surface area (Å²) in [5, 5.41) is 0. The molecule has 2 aromatic carbocycles. The summed E-state index contributed by atoms with van der Waals surface area (Å²) in [7, 11) is 1.39. The first-order valence-electron chi connectivity index (χ1n) is 6.13. The Labute approximate surface area is 116 Å². The van der Waals surface area contributed by atoms with Crippen LogP contribution in [0.1, 0.15) is 22.7 Å². The van der Waals surface area contributed by atoms with Gasteiger partial charge < -0.3 is 4.74 Å². The molecule has 2 rings (SSSR count). The van der Waals surface area contributed by atoms with Gasteiger partial charge in [-0.1, -0.05) is 24.3 Å². The monoisotopic (exact) mass is 278 g/mol. The number of nitrogens with one attached hydrogen (secondary N) is 1. The minimum absolute atomic E-state index is 0.121. The number of hydrogen-bond acceptors (Lipinski definition) is 3. The molecule has 2 aromatic rings. The van der Waals surface area contributed by atoms with Gasteiger partial charge >= 0.3 is 0 Å². The zero-order valence-corrected chi connectivity index (χ0v) is 11.3. The number of hydrazine groups is 1. The molecule has 1 atom stereocenters. The molecule has 1 unspecified atom stereocenters. The number of benzene rings is 2. The van der Waals surface area contributed by atoms with E-state index in [2.05, 4.69) is 5.43 Å². The van der Waals surface area contributed by atoms with Gasteiger partial charge in [0.05, 0.1) is 13.2 Å². The molecular weight excluding hydrogens is 262 g/mol. The van der Waals surface area contributed by atoms with Crippen LogP contribution in [0.2, 0.25) is 0 Å². The molecule has 0 saturated carbocycles. The number of methoxy groups -OCH3 is 1. The number of hydrogen-bond donors (Lipinski definition) is 2. The maximum atomic E-state index is 14.3. The maximum Gasteiger partial charge on any atom is 0.170 e. The predicted molar refractivity (Wildman–Crippen MR) is 73.3 cm³/mol. The quantitative estimate of drug-likeness (QED) is 0.668. The average molecular weight is 278 g/mol. The number of aryl methyl sites for hydroxylation is 1. The van der Waals surface area contributed by atoms with Crippen LogP contribution in [-0.4, -0.2) is 7.11 Å².